The molecule has 0 aliphatic heterocycles. The first-order valence-electron chi connectivity index (χ1n) is 5.38. The van der Waals surface area contributed by atoms with Crippen molar-refractivity contribution in [2.24, 2.45) is 7.05 Å². The highest BCUT2D eigenvalue weighted by molar-refractivity contribution is 9.09. The van der Waals surface area contributed by atoms with Gasteiger partial charge < -0.3 is 5.32 Å². The van der Waals surface area contributed by atoms with Gasteiger partial charge in [0.15, 0.2) is 0 Å². The molecule has 0 aliphatic carbocycles. The maximum atomic E-state index is 12.0. The Hall–Kier alpha value is -0.840. The molecule has 1 amide bonds. The second-order valence-corrected chi connectivity index (χ2v) is 4.55. The van der Waals surface area contributed by atoms with Gasteiger partial charge in [0.25, 0.3) is 5.91 Å². The largest absolute Gasteiger partial charge is 0.348 e. The standard InChI is InChI=1S/C11H18BrN3O/c1-5-9(6-12)13-11(16)10-7(2)14-15(4)8(10)3/h9H,5-6H2,1-4H3,(H,13,16). The van der Waals surface area contributed by atoms with Gasteiger partial charge in [-0.15, -0.1) is 0 Å². The van der Waals surface area contributed by atoms with E-state index in [2.05, 4.69) is 33.3 Å². The van der Waals surface area contributed by atoms with Crippen LogP contribution in [0.15, 0.2) is 0 Å². The molecule has 1 N–H and O–H groups in total. The molecular formula is C11H18BrN3O. The normalized spacial score (nSPS) is 12.6. The lowest BCUT2D eigenvalue weighted by molar-refractivity contribution is 0.0939. The van der Waals surface area contributed by atoms with Gasteiger partial charge in [0.1, 0.15) is 0 Å². The van der Waals surface area contributed by atoms with E-state index in [4.69, 9.17) is 0 Å². The van der Waals surface area contributed by atoms with Crippen LogP contribution in [0, 0.1) is 13.8 Å². The van der Waals surface area contributed by atoms with Crippen molar-refractivity contribution >= 4 is 21.8 Å². The minimum absolute atomic E-state index is 0.0330. The maximum Gasteiger partial charge on any atom is 0.255 e. The van der Waals surface area contributed by atoms with E-state index in [-0.39, 0.29) is 11.9 Å². The molecule has 0 fully saturated rings. The van der Waals surface area contributed by atoms with Crippen LogP contribution in [-0.2, 0) is 7.05 Å². The molecule has 1 aromatic rings. The van der Waals surface area contributed by atoms with Crippen LogP contribution in [0.3, 0.4) is 0 Å². The highest BCUT2D eigenvalue weighted by Crippen LogP contribution is 2.12. The Balaban J connectivity index is 2.88. The number of halogens is 1. The fourth-order valence-electron chi connectivity index (χ4n) is 1.61. The lowest BCUT2D eigenvalue weighted by Crippen LogP contribution is -2.36. The summed E-state index contributed by atoms with van der Waals surface area (Å²) in [5.74, 6) is -0.0330. The molecule has 1 atom stereocenters. The molecule has 0 spiro atoms. The monoisotopic (exact) mass is 287 g/mol. The topological polar surface area (TPSA) is 46.9 Å². The number of alkyl halides is 1. The van der Waals surface area contributed by atoms with Gasteiger partial charge >= 0.3 is 0 Å². The van der Waals surface area contributed by atoms with Crippen LogP contribution in [-0.4, -0.2) is 27.1 Å². The second-order valence-electron chi connectivity index (χ2n) is 3.90. The predicted molar refractivity (Wildman–Crippen MR) is 68.0 cm³/mol. The van der Waals surface area contributed by atoms with Gasteiger partial charge in [-0.25, -0.2) is 0 Å². The molecule has 0 saturated heterocycles. The van der Waals surface area contributed by atoms with Gasteiger partial charge in [-0.2, -0.15) is 5.10 Å². The van der Waals surface area contributed by atoms with E-state index in [0.717, 1.165) is 23.1 Å². The molecule has 1 unspecified atom stereocenters. The van der Waals surface area contributed by atoms with Crippen LogP contribution in [0.25, 0.3) is 0 Å². The molecule has 16 heavy (non-hydrogen) atoms. The number of aromatic nitrogens is 2. The Morgan fingerprint density at radius 3 is 2.56 bits per heavy atom. The first-order chi connectivity index (χ1) is 7.51. The van der Waals surface area contributed by atoms with E-state index < -0.39 is 0 Å². The molecule has 5 heteroatoms. The van der Waals surface area contributed by atoms with E-state index in [1.54, 1.807) is 4.68 Å². The van der Waals surface area contributed by atoms with Gasteiger partial charge in [-0.3, -0.25) is 9.48 Å². The SMILES string of the molecule is CCC(CBr)NC(=O)c1c(C)nn(C)c1C. The van der Waals surface area contributed by atoms with E-state index in [1.807, 2.05) is 20.9 Å². The summed E-state index contributed by atoms with van der Waals surface area (Å²) in [5, 5.41) is 7.99. The van der Waals surface area contributed by atoms with Gasteiger partial charge in [0, 0.05) is 24.1 Å². The van der Waals surface area contributed by atoms with Gasteiger partial charge in [-0.05, 0) is 20.3 Å². The molecule has 0 saturated carbocycles. The zero-order valence-electron chi connectivity index (χ0n) is 10.2. The summed E-state index contributed by atoms with van der Waals surface area (Å²) >= 11 is 3.38. The minimum atomic E-state index is -0.0330. The van der Waals surface area contributed by atoms with Crippen LogP contribution in [0.2, 0.25) is 0 Å². The Morgan fingerprint density at radius 2 is 2.19 bits per heavy atom. The molecule has 0 radical (unpaired) electrons. The highest BCUT2D eigenvalue weighted by atomic mass is 79.9. The van der Waals surface area contributed by atoms with E-state index in [0.29, 0.717) is 5.56 Å². The molecule has 1 rings (SSSR count). The lowest BCUT2D eigenvalue weighted by atomic mass is 10.1. The molecule has 4 nitrogen and oxygen atoms in total. The van der Waals surface area contributed by atoms with Crippen molar-refractivity contribution in [3.8, 4) is 0 Å². The van der Waals surface area contributed by atoms with Gasteiger partial charge in [0.2, 0.25) is 0 Å². The summed E-state index contributed by atoms with van der Waals surface area (Å²) in [6.45, 7) is 5.82. The van der Waals surface area contributed by atoms with E-state index in [9.17, 15) is 4.79 Å². The molecule has 1 aromatic heterocycles. The zero-order valence-corrected chi connectivity index (χ0v) is 11.8. The summed E-state index contributed by atoms with van der Waals surface area (Å²) in [5.41, 5.74) is 2.38. The minimum Gasteiger partial charge on any atom is -0.348 e. The Kier molecular flexibility index (Phi) is 4.53. The molecule has 0 aromatic carbocycles. The fourth-order valence-corrected chi connectivity index (χ4v) is 2.23. The van der Waals surface area contributed by atoms with Crippen molar-refractivity contribution < 1.29 is 4.79 Å². The summed E-state index contributed by atoms with van der Waals surface area (Å²) in [6.07, 6.45) is 0.912. The summed E-state index contributed by atoms with van der Waals surface area (Å²) in [4.78, 5) is 12.0. The number of carbonyl (C=O) groups is 1. The van der Waals surface area contributed by atoms with Crippen molar-refractivity contribution in [3.05, 3.63) is 17.0 Å². The summed E-state index contributed by atoms with van der Waals surface area (Å²) in [6, 6.07) is 0.173. The van der Waals surface area contributed by atoms with E-state index >= 15 is 0 Å². The average Bonchev–Trinajstić information content (AvgIpc) is 2.49. The summed E-state index contributed by atoms with van der Waals surface area (Å²) < 4.78 is 1.74. The molecule has 0 bridgehead atoms. The zero-order chi connectivity index (χ0) is 12.3. The van der Waals surface area contributed by atoms with Gasteiger partial charge in [0.05, 0.1) is 11.3 Å². The number of nitrogens with one attached hydrogen (secondary N) is 1. The van der Waals surface area contributed by atoms with Crippen molar-refractivity contribution in [3.63, 3.8) is 0 Å². The molecule has 1 heterocycles. The third kappa shape index (κ3) is 2.64. The van der Waals surface area contributed by atoms with Crippen molar-refractivity contribution in [2.45, 2.75) is 33.2 Å². The molecule has 0 aliphatic rings. The Bertz CT molecular complexity index is 383. The quantitative estimate of drug-likeness (QED) is 0.861. The number of hydrogen-bond acceptors (Lipinski definition) is 2. The van der Waals surface area contributed by atoms with Crippen molar-refractivity contribution in [1.29, 1.82) is 0 Å². The number of amides is 1. The first kappa shape index (κ1) is 13.2. The fraction of sp³-hybridized carbons (Fsp3) is 0.636. The number of nitrogens with zero attached hydrogens (tertiary/aromatic N) is 2. The maximum absolute atomic E-state index is 12.0. The number of carbonyl (C=O) groups excluding carboxylic acids is 1. The summed E-state index contributed by atoms with van der Waals surface area (Å²) in [7, 11) is 1.85. The third-order valence-corrected chi connectivity index (χ3v) is 3.53. The second kappa shape index (κ2) is 5.48. The number of hydrogen-bond donors (Lipinski definition) is 1. The molecular weight excluding hydrogens is 270 g/mol. The number of rotatable bonds is 4. The lowest BCUT2D eigenvalue weighted by Gasteiger charge is -2.13. The average molecular weight is 288 g/mol. The van der Waals surface area contributed by atoms with Crippen LogP contribution < -0.4 is 5.32 Å². The Labute approximate surface area is 105 Å². The third-order valence-electron chi connectivity index (χ3n) is 2.75. The highest BCUT2D eigenvalue weighted by Gasteiger charge is 2.19. The smallest absolute Gasteiger partial charge is 0.255 e. The number of aryl methyl sites for hydroxylation is 2. The predicted octanol–water partition coefficient (Wildman–Crippen LogP) is 1.94. The van der Waals surface area contributed by atoms with Crippen molar-refractivity contribution in [2.75, 3.05) is 5.33 Å². The van der Waals surface area contributed by atoms with Crippen LogP contribution >= 0.6 is 15.9 Å². The van der Waals surface area contributed by atoms with Crippen LogP contribution in [0.1, 0.15) is 35.1 Å². The Morgan fingerprint density at radius 1 is 1.56 bits per heavy atom. The van der Waals surface area contributed by atoms with Crippen LogP contribution in [0.5, 0.6) is 0 Å². The van der Waals surface area contributed by atoms with Gasteiger partial charge in [-0.1, -0.05) is 22.9 Å². The van der Waals surface area contributed by atoms with Crippen molar-refractivity contribution in [1.82, 2.24) is 15.1 Å². The molecule has 90 valence electrons. The van der Waals surface area contributed by atoms with E-state index in [1.165, 1.54) is 0 Å². The first-order valence-corrected chi connectivity index (χ1v) is 6.50. The van der Waals surface area contributed by atoms with Crippen LogP contribution in [0.4, 0.5) is 0 Å².